The van der Waals surface area contributed by atoms with Gasteiger partial charge in [-0.2, -0.15) is 0 Å². The van der Waals surface area contributed by atoms with E-state index in [1.165, 1.54) is 0 Å². The Hall–Kier alpha value is -1.68. The minimum atomic E-state index is 0.0619. The molecule has 0 bridgehead atoms. The van der Waals surface area contributed by atoms with Crippen LogP contribution in [0, 0.1) is 6.92 Å². The van der Waals surface area contributed by atoms with Crippen molar-refractivity contribution in [3.8, 4) is 17.2 Å². The van der Waals surface area contributed by atoms with Gasteiger partial charge in [0.05, 0.1) is 26.2 Å². The molecule has 0 aromatic heterocycles. The van der Waals surface area contributed by atoms with Crippen LogP contribution in [0.25, 0.3) is 0 Å². The quantitative estimate of drug-likeness (QED) is 0.742. The number of alkyl halides is 1. The van der Waals surface area contributed by atoms with Gasteiger partial charge in [0, 0.05) is 0 Å². The van der Waals surface area contributed by atoms with Gasteiger partial charge in [0.1, 0.15) is 5.75 Å². The summed E-state index contributed by atoms with van der Waals surface area (Å²) >= 11 is 3.74. The summed E-state index contributed by atoms with van der Waals surface area (Å²) in [5, 5.41) is 0. The van der Waals surface area contributed by atoms with Crippen molar-refractivity contribution in [2.24, 2.45) is 0 Å². The van der Waals surface area contributed by atoms with E-state index < -0.39 is 0 Å². The van der Waals surface area contributed by atoms with Crippen molar-refractivity contribution in [1.29, 1.82) is 0 Å². The van der Waals surface area contributed by atoms with E-state index in [-0.39, 0.29) is 4.83 Å². The Bertz CT molecular complexity index is 625. The molecule has 0 fully saturated rings. The molecule has 0 radical (unpaired) electrons. The monoisotopic (exact) mass is 350 g/mol. The molecule has 112 valence electrons. The van der Waals surface area contributed by atoms with E-state index in [0.29, 0.717) is 0 Å². The molecule has 0 aliphatic carbocycles. The average molecular weight is 351 g/mol. The number of aryl methyl sites for hydroxylation is 1. The van der Waals surface area contributed by atoms with Crippen molar-refractivity contribution >= 4 is 15.9 Å². The summed E-state index contributed by atoms with van der Waals surface area (Å²) in [6.07, 6.45) is 0. The van der Waals surface area contributed by atoms with Gasteiger partial charge < -0.3 is 14.2 Å². The second kappa shape index (κ2) is 6.85. The molecule has 0 saturated heterocycles. The van der Waals surface area contributed by atoms with Crippen LogP contribution in [-0.4, -0.2) is 21.3 Å². The van der Waals surface area contributed by atoms with Gasteiger partial charge in [-0.15, -0.1) is 0 Å². The number of rotatable bonds is 5. The predicted octanol–water partition coefficient (Wildman–Crippen LogP) is 4.51. The SMILES string of the molecule is COc1cc(C(Br)c2ccc(OC)c(OC)c2)ccc1C. The Morgan fingerprint density at radius 3 is 1.86 bits per heavy atom. The normalized spacial score (nSPS) is 11.9. The highest BCUT2D eigenvalue weighted by Gasteiger charge is 2.15. The van der Waals surface area contributed by atoms with Crippen LogP contribution < -0.4 is 14.2 Å². The van der Waals surface area contributed by atoms with Gasteiger partial charge >= 0.3 is 0 Å². The third-order valence-electron chi connectivity index (χ3n) is 3.43. The molecule has 1 unspecified atom stereocenters. The summed E-state index contributed by atoms with van der Waals surface area (Å²) in [5.41, 5.74) is 3.34. The molecule has 21 heavy (non-hydrogen) atoms. The van der Waals surface area contributed by atoms with Crippen LogP contribution in [0.2, 0.25) is 0 Å². The number of hydrogen-bond donors (Lipinski definition) is 0. The smallest absolute Gasteiger partial charge is 0.161 e. The highest BCUT2D eigenvalue weighted by molar-refractivity contribution is 9.09. The fourth-order valence-corrected chi connectivity index (χ4v) is 2.77. The largest absolute Gasteiger partial charge is 0.496 e. The van der Waals surface area contributed by atoms with Crippen LogP contribution in [0.1, 0.15) is 21.5 Å². The van der Waals surface area contributed by atoms with E-state index >= 15 is 0 Å². The summed E-state index contributed by atoms with van der Waals surface area (Å²) in [5.74, 6) is 2.33. The summed E-state index contributed by atoms with van der Waals surface area (Å²) in [7, 11) is 4.96. The summed E-state index contributed by atoms with van der Waals surface area (Å²) < 4.78 is 16.0. The molecule has 2 aromatic carbocycles. The Kier molecular flexibility index (Phi) is 5.12. The van der Waals surface area contributed by atoms with E-state index in [0.717, 1.165) is 33.9 Å². The number of ether oxygens (including phenoxy) is 3. The second-order valence-electron chi connectivity index (χ2n) is 4.71. The first-order valence-electron chi connectivity index (χ1n) is 6.61. The molecule has 2 rings (SSSR count). The van der Waals surface area contributed by atoms with E-state index in [9.17, 15) is 0 Å². The summed E-state index contributed by atoms with van der Waals surface area (Å²) in [6.45, 7) is 2.03. The Morgan fingerprint density at radius 2 is 1.29 bits per heavy atom. The lowest BCUT2D eigenvalue weighted by Gasteiger charge is -2.15. The molecule has 0 aliphatic heterocycles. The highest BCUT2D eigenvalue weighted by Crippen LogP contribution is 2.37. The molecule has 0 N–H and O–H groups in total. The maximum atomic E-state index is 5.39. The third kappa shape index (κ3) is 3.32. The number of benzene rings is 2. The van der Waals surface area contributed by atoms with Crippen molar-refractivity contribution in [2.75, 3.05) is 21.3 Å². The van der Waals surface area contributed by atoms with E-state index in [4.69, 9.17) is 14.2 Å². The van der Waals surface area contributed by atoms with Crippen molar-refractivity contribution in [2.45, 2.75) is 11.8 Å². The molecular weight excluding hydrogens is 332 g/mol. The lowest BCUT2D eigenvalue weighted by Crippen LogP contribution is -1.97. The number of hydrogen-bond acceptors (Lipinski definition) is 3. The first-order chi connectivity index (χ1) is 10.1. The predicted molar refractivity (Wildman–Crippen MR) is 88.0 cm³/mol. The van der Waals surface area contributed by atoms with Crippen LogP contribution in [-0.2, 0) is 0 Å². The first-order valence-corrected chi connectivity index (χ1v) is 7.52. The summed E-state index contributed by atoms with van der Waals surface area (Å²) in [6, 6.07) is 12.1. The fraction of sp³-hybridized carbons (Fsp3) is 0.294. The standard InChI is InChI=1S/C17H19BrO3/c1-11-5-6-12(9-15(11)20-3)17(18)13-7-8-14(19-2)16(10-13)21-4/h5-10,17H,1-4H3. The van der Waals surface area contributed by atoms with Gasteiger partial charge in [0.15, 0.2) is 11.5 Å². The van der Waals surface area contributed by atoms with Crippen molar-refractivity contribution in [1.82, 2.24) is 0 Å². The van der Waals surface area contributed by atoms with Crippen LogP contribution >= 0.6 is 15.9 Å². The van der Waals surface area contributed by atoms with Crippen molar-refractivity contribution < 1.29 is 14.2 Å². The lowest BCUT2D eigenvalue weighted by molar-refractivity contribution is 0.354. The molecule has 0 heterocycles. The maximum Gasteiger partial charge on any atom is 0.161 e. The second-order valence-corrected chi connectivity index (χ2v) is 5.62. The van der Waals surface area contributed by atoms with Crippen molar-refractivity contribution in [3.63, 3.8) is 0 Å². The molecule has 3 nitrogen and oxygen atoms in total. The van der Waals surface area contributed by atoms with Crippen LogP contribution in [0.4, 0.5) is 0 Å². The van der Waals surface area contributed by atoms with Crippen LogP contribution in [0.5, 0.6) is 17.2 Å². The Labute approximate surface area is 134 Å². The van der Waals surface area contributed by atoms with Gasteiger partial charge in [0.25, 0.3) is 0 Å². The van der Waals surface area contributed by atoms with Gasteiger partial charge in [-0.25, -0.2) is 0 Å². The topological polar surface area (TPSA) is 27.7 Å². The summed E-state index contributed by atoms with van der Waals surface area (Å²) in [4.78, 5) is 0.0619. The van der Waals surface area contributed by atoms with E-state index in [1.807, 2.05) is 31.2 Å². The van der Waals surface area contributed by atoms with Crippen LogP contribution in [0.15, 0.2) is 36.4 Å². The van der Waals surface area contributed by atoms with Crippen LogP contribution in [0.3, 0.4) is 0 Å². The molecule has 4 heteroatoms. The zero-order valence-electron chi connectivity index (χ0n) is 12.6. The minimum Gasteiger partial charge on any atom is -0.496 e. The van der Waals surface area contributed by atoms with E-state index in [2.05, 4.69) is 28.1 Å². The fourth-order valence-electron chi connectivity index (χ4n) is 2.20. The number of halogens is 1. The van der Waals surface area contributed by atoms with Gasteiger partial charge in [-0.1, -0.05) is 34.1 Å². The van der Waals surface area contributed by atoms with E-state index in [1.54, 1.807) is 21.3 Å². The molecule has 0 spiro atoms. The highest BCUT2D eigenvalue weighted by atomic mass is 79.9. The van der Waals surface area contributed by atoms with Gasteiger partial charge in [-0.3, -0.25) is 0 Å². The molecule has 0 amide bonds. The Morgan fingerprint density at radius 1 is 0.762 bits per heavy atom. The lowest BCUT2D eigenvalue weighted by atomic mass is 10.0. The first kappa shape index (κ1) is 15.7. The number of methoxy groups -OCH3 is 3. The molecule has 0 aliphatic rings. The van der Waals surface area contributed by atoms with Crippen molar-refractivity contribution in [3.05, 3.63) is 53.1 Å². The molecule has 1 atom stereocenters. The zero-order chi connectivity index (χ0) is 15.4. The Balaban J connectivity index is 2.37. The van der Waals surface area contributed by atoms with Gasteiger partial charge in [-0.05, 0) is 41.8 Å². The average Bonchev–Trinajstić information content (AvgIpc) is 2.53. The molecular formula is C17H19BrO3. The van der Waals surface area contributed by atoms with Gasteiger partial charge in [0.2, 0.25) is 0 Å². The zero-order valence-corrected chi connectivity index (χ0v) is 14.2. The molecule has 2 aromatic rings. The molecule has 0 saturated carbocycles. The maximum absolute atomic E-state index is 5.39. The third-order valence-corrected chi connectivity index (χ3v) is 4.48. The minimum absolute atomic E-state index is 0.0619.